The Labute approximate surface area is 135 Å². The van der Waals surface area contributed by atoms with Crippen molar-refractivity contribution >= 4 is 29.1 Å². The highest BCUT2D eigenvalue weighted by atomic mass is 35.5. The molecule has 0 fully saturated rings. The molecule has 0 aliphatic carbocycles. The van der Waals surface area contributed by atoms with Gasteiger partial charge in [-0.05, 0) is 54.5 Å². The summed E-state index contributed by atoms with van der Waals surface area (Å²) in [5.41, 5.74) is 3.16. The van der Waals surface area contributed by atoms with Crippen molar-refractivity contribution in [2.75, 3.05) is 18.1 Å². The first kappa shape index (κ1) is 15.8. The Bertz CT molecular complexity index is 649. The molecule has 0 saturated heterocycles. The fraction of sp³-hybridized carbons (Fsp3) is 0.235. The van der Waals surface area contributed by atoms with Crippen molar-refractivity contribution in [2.45, 2.75) is 17.7 Å². The van der Waals surface area contributed by atoms with Crippen LogP contribution < -0.4 is 5.32 Å². The number of aryl methyl sites for hydroxylation is 1. The zero-order valence-electron chi connectivity index (χ0n) is 11.9. The molecule has 2 nitrogen and oxygen atoms in total. The normalized spacial score (nSPS) is 10.1. The Kier molecular flexibility index (Phi) is 5.98. The van der Waals surface area contributed by atoms with E-state index in [2.05, 4.69) is 35.7 Å². The highest BCUT2D eigenvalue weighted by molar-refractivity contribution is 7.99. The lowest BCUT2D eigenvalue weighted by atomic mass is 10.1. The second-order valence-corrected chi connectivity index (χ2v) is 6.23. The lowest BCUT2D eigenvalue weighted by Crippen LogP contribution is -1.92. The summed E-state index contributed by atoms with van der Waals surface area (Å²) in [6.45, 7) is 0. The van der Waals surface area contributed by atoms with Crippen LogP contribution in [-0.4, -0.2) is 12.8 Å². The fourth-order valence-electron chi connectivity index (χ4n) is 2.05. The van der Waals surface area contributed by atoms with Crippen molar-refractivity contribution in [3.05, 3.63) is 58.6 Å². The average Bonchev–Trinajstić information content (AvgIpc) is 2.52. The third kappa shape index (κ3) is 4.70. The Morgan fingerprint density at radius 3 is 2.86 bits per heavy atom. The number of nitrogens with zero attached hydrogens (tertiary/aromatic N) is 1. The number of rotatable bonds is 6. The molecule has 2 aromatic rings. The number of nitrogens with one attached hydrogen (secondary N) is 1. The molecule has 0 amide bonds. The van der Waals surface area contributed by atoms with Gasteiger partial charge in [-0.3, -0.25) is 0 Å². The molecule has 0 saturated carbocycles. The second-order valence-electron chi connectivity index (χ2n) is 4.65. The number of hydrogen-bond acceptors (Lipinski definition) is 3. The maximum atomic E-state index is 9.09. The first-order valence-electron chi connectivity index (χ1n) is 6.82. The SMILES string of the molecule is CNc1cccc(CCCSc2cc(Cl)ccc2C#N)c1. The van der Waals surface area contributed by atoms with E-state index in [0.717, 1.165) is 29.2 Å². The van der Waals surface area contributed by atoms with Gasteiger partial charge in [0.05, 0.1) is 5.56 Å². The quantitative estimate of drug-likeness (QED) is 0.603. The molecule has 108 valence electrons. The van der Waals surface area contributed by atoms with Gasteiger partial charge in [0.15, 0.2) is 0 Å². The molecule has 0 atom stereocenters. The number of benzene rings is 2. The predicted molar refractivity (Wildman–Crippen MR) is 91.2 cm³/mol. The van der Waals surface area contributed by atoms with Crippen molar-refractivity contribution in [2.24, 2.45) is 0 Å². The monoisotopic (exact) mass is 316 g/mol. The van der Waals surface area contributed by atoms with E-state index < -0.39 is 0 Å². The minimum absolute atomic E-state index is 0.679. The number of anilines is 1. The molecule has 0 spiro atoms. The average molecular weight is 317 g/mol. The van der Waals surface area contributed by atoms with Crippen LogP contribution in [0.4, 0.5) is 5.69 Å². The summed E-state index contributed by atoms with van der Waals surface area (Å²) in [4.78, 5) is 0.967. The molecule has 0 aliphatic heterocycles. The highest BCUT2D eigenvalue weighted by Crippen LogP contribution is 2.26. The molecule has 0 aliphatic rings. The third-order valence-corrected chi connectivity index (χ3v) is 4.52. The van der Waals surface area contributed by atoms with Crippen LogP contribution in [0.5, 0.6) is 0 Å². The third-order valence-electron chi connectivity index (χ3n) is 3.15. The highest BCUT2D eigenvalue weighted by Gasteiger charge is 2.04. The van der Waals surface area contributed by atoms with E-state index in [-0.39, 0.29) is 0 Å². The van der Waals surface area contributed by atoms with E-state index in [1.165, 1.54) is 5.56 Å². The van der Waals surface area contributed by atoms with Gasteiger partial charge in [0.2, 0.25) is 0 Å². The summed E-state index contributed by atoms with van der Waals surface area (Å²) in [6, 6.07) is 16.1. The second kappa shape index (κ2) is 7.97. The van der Waals surface area contributed by atoms with E-state index in [4.69, 9.17) is 16.9 Å². The summed E-state index contributed by atoms with van der Waals surface area (Å²) in [5.74, 6) is 0.971. The minimum Gasteiger partial charge on any atom is -0.388 e. The lowest BCUT2D eigenvalue weighted by Gasteiger charge is -2.06. The summed E-state index contributed by atoms with van der Waals surface area (Å²) in [6.07, 6.45) is 2.10. The molecule has 21 heavy (non-hydrogen) atoms. The number of hydrogen-bond donors (Lipinski definition) is 1. The molecule has 2 aromatic carbocycles. The Balaban J connectivity index is 1.87. The molecule has 0 bridgehead atoms. The molecule has 1 N–H and O–H groups in total. The molecule has 2 rings (SSSR count). The molecular formula is C17H17ClN2S. The molecule has 0 radical (unpaired) electrons. The summed E-state index contributed by atoms with van der Waals surface area (Å²) >= 11 is 7.68. The van der Waals surface area contributed by atoms with Crippen molar-refractivity contribution in [1.29, 1.82) is 5.26 Å². The maximum Gasteiger partial charge on any atom is 0.100 e. The topological polar surface area (TPSA) is 35.8 Å². The van der Waals surface area contributed by atoms with E-state index in [9.17, 15) is 0 Å². The Morgan fingerprint density at radius 1 is 1.24 bits per heavy atom. The van der Waals surface area contributed by atoms with Crippen molar-refractivity contribution in [3.8, 4) is 6.07 Å². The summed E-state index contributed by atoms with van der Waals surface area (Å²) < 4.78 is 0. The van der Waals surface area contributed by atoms with Crippen molar-refractivity contribution in [1.82, 2.24) is 0 Å². The zero-order chi connectivity index (χ0) is 15.1. The van der Waals surface area contributed by atoms with Crippen LogP contribution in [0.15, 0.2) is 47.4 Å². The van der Waals surface area contributed by atoms with Gasteiger partial charge in [-0.25, -0.2) is 0 Å². The summed E-state index contributed by atoms with van der Waals surface area (Å²) in [7, 11) is 1.93. The molecule has 4 heteroatoms. The van der Waals surface area contributed by atoms with Gasteiger partial charge in [0.25, 0.3) is 0 Å². The van der Waals surface area contributed by atoms with Crippen LogP contribution in [0.1, 0.15) is 17.5 Å². The summed E-state index contributed by atoms with van der Waals surface area (Å²) in [5, 5.41) is 12.9. The lowest BCUT2D eigenvalue weighted by molar-refractivity contribution is 0.933. The van der Waals surface area contributed by atoms with Crippen LogP contribution in [0.25, 0.3) is 0 Å². The van der Waals surface area contributed by atoms with Crippen molar-refractivity contribution < 1.29 is 0 Å². The molecule has 0 unspecified atom stereocenters. The van der Waals surface area contributed by atoms with Gasteiger partial charge in [-0.2, -0.15) is 5.26 Å². The van der Waals surface area contributed by atoms with Crippen LogP contribution in [-0.2, 0) is 6.42 Å². The largest absolute Gasteiger partial charge is 0.388 e. The fourth-order valence-corrected chi connectivity index (χ4v) is 3.27. The number of thioether (sulfide) groups is 1. The smallest absolute Gasteiger partial charge is 0.100 e. The van der Waals surface area contributed by atoms with Gasteiger partial charge in [0, 0.05) is 22.7 Å². The van der Waals surface area contributed by atoms with Crippen molar-refractivity contribution in [3.63, 3.8) is 0 Å². The zero-order valence-corrected chi connectivity index (χ0v) is 13.5. The van der Waals surface area contributed by atoms with Gasteiger partial charge < -0.3 is 5.32 Å². The van der Waals surface area contributed by atoms with Gasteiger partial charge in [-0.15, -0.1) is 11.8 Å². The van der Waals surface area contributed by atoms with Crippen LogP contribution in [0.2, 0.25) is 5.02 Å². The van der Waals surface area contributed by atoms with Crippen LogP contribution in [0.3, 0.4) is 0 Å². The first-order chi connectivity index (χ1) is 10.2. The van der Waals surface area contributed by atoms with Gasteiger partial charge in [-0.1, -0.05) is 23.7 Å². The standard InChI is InChI=1S/C17H17ClN2S/c1-20-16-6-2-4-13(10-16)5-3-9-21-17-11-15(18)8-7-14(17)12-19/h2,4,6-8,10-11,20H,3,5,9H2,1H3. The minimum atomic E-state index is 0.679. The number of halogens is 1. The molecule has 0 aromatic heterocycles. The molecular weight excluding hydrogens is 300 g/mol. The van der Waals surface area contributed by atoms with E-state index in [1.807, 2.05) is 13.1 Å². The predicted octanol–water partition coefficient (Wildman–Crippen LogP) is 4.98. The van der Waals surface area contributed by atoms with Gasteiger partial charge in [0.1, 0.15) is 6.07 Å². The van der Waals surface area contributed by atoms with E-state index in [1.54, 1.807) is 23.9 Å². The Morgan fingerprint density at radius 2 is 2.10 bits per heavy atom. The first-order valence-corrected chi connectivity index (χ1v) is 8.18. The number of nitriles is 1. The molecule has 0 heterocycles. The van der Waals surface area contributed by atoms with E-state index in [0.29, 0.717) is 10.6 Å². The van der Waals surface area contributed by atoms with Crippen LogP contribution >= 0.6 is 23.4 Å². The maximum absolute atomic E-state index is 9.09. The Hall–Kier alpha value is -1.63. The van der Waals surface area contributed by atoms with E-state index >= 15 is 0 Å². The van der Waals surface area contributed by atoms with Crippen LogP contribution in [0, 0.1) is 11.3 Å². The van der Waals surface area contributed by atoms with Gasteiger partial charge >= 0.3 is 0 Å².